The van der Waals surface area contributed by atoms with Gasteiger partial charge in [0.05, 0.1) is 0 Å². The Bertz CT molecular complexity index is 501. The van der Waals surface area contributed by atoms with Gasteiger partial charge in [0.25, 0.3) is 0 Å². The Labute approximate surface area is 142 Å². The molecule has 0 amide bonds. The van der Waals surface area contributed by atoms with E-state index in [4.69, 9.17) is 0 Å². The quantitative estimate of drug-likeness (QED) is 0.737. The van der Waals surface area contributed by atoms with Crippen molar-refractivity contribution in [1.82, 2.24) is 4.90 Å². The summed E-state index contributed by atoms with van der Waals surface area (Å²) in [6.45, 7) is 4.96. The van der Waals surface area contributed by atoms with Gasteiger partial charge in [-0.25, -0.2) is 0 Å². The Morgan fingerprint density at radius 3 is 2.43 bits per heavy atom. The molecule has 3 fully saturated rings. The lowest BCUT2D eigenvalue weighted by molar-refractivity contribution is 0.00643. The highest BCUT2D eigenvalue weighted by Gasteiger charge is 2.39. The van der Waals surface area contributed by atoms with Gasteiger partial charge in [0.1, 0.15) is 0 Å². The number of nitrogens with zero attached hydrogens (tertiary/aromatic N) is 1. The van der Waals surface area contributed by atoms with E-state index >= 15 is 0 Å². The van der Waals surface area contributed by atoms with Crippen LogP contribution in [0.1, 0.15) is 62.5 Å². The maximum atomic E-state index is 2.91. The average molecular weight is 312 g/mol. The van der Waals surface area contributed by atoms with E-state index in [1.54, 1.807) is 5.56 Å². The van der Waals surface area contributed by atoms with Gasteiger partial charge < -0.3 is 0 Å². The largest absolute Gasteiger partial charge is 0.299 e. The first-order chi connectivity index (χ1) is 11.3. The van der Waals surface area contributed by atoms with Crippen LogP contribution in [0.25, 0.3) is 0 Å². The lowest BCUT2D eigenvalue weighted by Crippen LogP contribution is -2.52. The summed E-state index contributed by atoms with van der Waals surface area (Å²) in [5.41, 5.74) is 2.95. The monoisotopic (exact) mass is 311 g/mol. The normalized spacial score (nSPS) is 32.3. The first-order valence-corrected chi connectivity index (χ1v) is 10.1. The highest BCUT2D eigenvalue weighted by Crippen LogP contribution is 2.42. The molecule has 0 N–H and O–H groups in total. The maximum Gasteiger partial charge on any atom is 0.0167 e. The molecule has 0 spiro atoms. The Morgan fingerprint density at radius 2 is 1.70 bits per heavy atom. The maximum absolute atomic E-state index is 2.91. The highest BCUT2D eigenvalue weighted by atomic mass is 15.2. The van der Waals surface area contributed by atoms with E-state index in [1.807, 2.05) is 0 Å². The third-order valence-corrected chi connectivity index (χ3v) is 7.00. The third kappa shape index (κ3) is 3.50. The number of hydrogen-bond donors (Lipinski definition) is 0. The Morgan fingerprint density at radius 1 is 0.913 bits per heavy atom. The van der Waals surface area contributed by atoms with Crippen LogP contribution < -0.4 is 0 Å². The van der Waals surface area contributed by atoms with E-state index in [2.05, 4.69) is 36.1 Å². The molecule has 1 aromatic carbocycles. The van der Waals surface area contributed by atoms with Crippen LogP contribution in [0.5, 0.6) is 0 Å². The minimum atomic E-state index is 0.817. The second-order valence-electron chi connectivity index (χ2n) is 8.55. The number of benzene rings is 1. The Hall–Kier alpha value is -0.820. The average Bonchev–Trinajstić information content (AvgIpc) is 2.54. The molecule has 1 heteroatoms. The molecule has 1 aliphatic heterocycles. The molecule has 1 heterocycles. The van der Waals surface area contributed by atoms with E-state index in [0.29, 0.717) is 0 Å². The zero-order valence-corrected chi connectivity index (χ0v) is 14.8. The molecular weight excluding hydrogens is 278 g/mol. The van der Waals surface area contributed by atoms with Crippen LogP contribution in [0.4, 0.5) is 0 Å². The third-order valence-electron chi connectivity index (χ3n) is 7.00. The number of rotatable bonds is 4. The summed E-state index contributed by atoms with van der Waals surface area (Å²) in [5.74, 6) is 3.01. The Kier molecular flexibility index (Phi) is 4.76. The van der Waals surface area contributed by atoms with Crippen LogP contribution in [-0.4, -0.2) is 24.0 Å². The molecular formula is C22H33N. The molecule has 1 nitrogen and oxygen atoms in total. The molecule has 0 bridgehead atoms. The summed E-state index contributed by atoms with van der Waals surface area (Å²) in [5, 5.41) is 0. The topological polar surface area (TPSA) is 3.24 Å². The van der Waals surface area contributed by atoms with Crippen LogP contribution in [0.3, 0.4) is 0 Å². The minimum Gasteiger partial charge on any atom is -0.299 e. The number of likely N-dealkylation sites (tertiary alicyclic amines) is 1. The summed E-state index contributed by atoms with van der Waals surface area (Å²) in [7, 11) is 0. The van der Waals surface area contributed by atoms with Crippen LogP contribution in [0.15, 0.2) is 24.3 Å². The van der Waals surface area contributed by atoms with Crippen molar-refractivity contribution < 1.29 is 0 Å². The highest BCUT2D eigenvalue weighted by molar-refractivity contribution is 5.22. The standard InChI is InChI=1S/C22H33N/c1-17-9-11-18(12-10-17)15-22-21-8-3-2-7-20(21)13-14-23(22)16-19-5-4-6-19/h9-12,19-22H,2-8,13-16H2,1H3. The van der Waals surface area contributed by atoms with Crippen molar-refractivity contribution in [2.45, 2.75) is 70.8 Å². The van der Waals surface area contributed by atoms with Crippen molar-refractivity contribution in [2.24, 2.45) is 17.8 Å². The summed E-state index contributed by atoms with van der Waals surface area (Å²) in [4.78, 5) is 2.91. The van der Waals surface area contributed by atoms with Crippen molar-refractivity contribution in [3.8, 4) is 0 Å². The molecule has 3 atom stereocenters. The summed E-state index contributed by atoms with van der Waals surface area (Å²) in [6, 6.07) is 10.2. The van der Waals surface area contributed by atoms with Gasteiger partial charge in [-0.2, -0.15) is 0 Å². The molecule has 3 aliphatic rings. The number of piperidine rings is 1. The fourth-order valence-corrected chi connectivity index (χ4v) is 5.35. The number of aryl methyl sites for hydroxylation is 1. The van der Waals surface area contributed by atoms with Gasteiger partial charge in [-0.15, -0.1) is 0 Å². The predicted molar refractivity (Wildman–Crippen MR) is 97.7 cm³/mol. The van der Waals surface area contributed by atoms with Gasteiger partial charge in [0.2, 0.25) is 0 Å². The van der Waals surface area contributed by atoms with Gasteiger partial charge in [-0.1, -0.05) is 55.5 Å². The molecule has 126 valence electrons. The first-order valence-electron chi connectivity index (χ1n) is 10.1. The van der Waals surface area contributed by atoms with Crippen molar-refractivity contribution in [3.05, 3.63) is 35.4 Å². The molecule has 0 aromatic heterocycles. The molecule has 1 saturated heterocycles. The molecule has 0 radical (unpaired) electrons. The van der Waals surface area contributed by atoms with Gasteiger partial charge >= 0.3 is 0 Å². The second-order valence-corrected chi connectivity index (χ2v) is 8.55. The van der Waals surface area contributed by atoms with Crippen molar-refractivity contribution >= 4 is 0 Å². The first kappa shape index (κ1) is 15.7. The van der Waals surface area contributed by atoms with Gasteiger partial charge in [-0.3, -0.25) is 4.90 Å². The lowest BCUT2D eigenvalue weighted by Gasteiger charge is -2.49. The molecule has 23 heavy (non-hydrogen) atoms. The van der Waals surface area contributed by atoms with Crippen LogP contribution >= 0.6 is 0 Å². The number of hydrogen-bond acceptors (Lipinski definition) is 1. The molecule has 1 aromatic rings. The lowest BCUT2D eigenvalue weighted by atomic mass is 9.69. The fourth-order valence-electron chi connectivity index (χ4n) is 5.35. The molecule has 2 saturated carbocycles. The predicted octanol–water partition coefficient (Wildman–Crippen LogP) is 5.22. The van der Waals surface area contributed by atoms with Gasteiger partial charge in [-0.05, 0) is 68.9 Å². The van der Waals surface area contributed by atoms with E-state index in [-0.39, 0.29) is 0 Å². The Balaban J connectivity index is 1.51. The van der Waals surface area contributed by atoms with E-state index < -0.39 is 0 Å². The van der Waals surface area contributed by atoms with Crippen molar-refractivity contribution in [3.63, 3.8) is 0 Å². The van der Waals surface area contributed by atoms with Gasteiger partial charge in [0, 0.05) is 12.6 Å². The van der Waals surface area contributed by atoms with Crippen LogP contribution in [0.2, 0.25) is 0 Å². The molecule has 4 rings (SSSR count). The smallest absolute Gasteiger partial charge is 0.0167 e. The summed E-state index contributed by atoms with van der Waals surface area (Å²) >= 11 is 0. The molecule has 2 aliphatic carbocycles. The van der Waals surface area contributed by atoms with E-state index in [9.17, 15) is 0 Å². The SMILES string of the molecule is Cc1ccc(CC2C3CCCCC3CCN2CC2CCC2)cc1. The van der Waals surface area contributed by atoms with E-state index in [0.717, 1.165) is 23.8 Å². The van der Waals surface area contributed by atoms with Crippen LogP contribution in [-0.2, 0) is 6.42 Å². The zero-order valence-electron chi connectivity index (χ0n) is 14.8. The van der Waals surface area contributed by atoms with E-state index in [1.165, 1.54) is 76.4 Å². The number of fused-ring (bicyclic) bond motifs is 1. The van der Waals surface area contributed by atoms with Crippen molar-refractivity contribution in [2.75, 3.05) is 13.1 Å². The molecule has 3 unspecified atom stereocenters. The zero-order chi connectivity index (χ0) is 15.6. The van der Waals surface area contributed by atoms with Crippen molar-refractivity contribution in [1.29, 1.82) is 0 Å². The minimum absolute atomic E-state index is 0.817. The van der Waals surface area contributed by atoms with Gasteiger partial charge in [0.15, 0.2) is 0 Å². The second kappa shape index (κ2) is 6.97. The fraction of sp³-hybridized carbons (Fsp3) is 0.727. The van der Waals surface area contributed by atoms with Crippen LogP contribution in [0, 0.1) is 24.7 Å². The summed E-state index contributed by atoms with van der Waals surface area (Å²) < 4.78 is 0. The summed E-state index contributed by atoms with van der Waals surface area (Å²) in [6.07, 6.45) is 13.2.